The molecule has 0 amide bonds. The standard InChI is InChI=1S/C10H14O6/c1-4-6(11)8(13)5(3-10(2,15)16)9(14)7(4)12/h11-16H,3H2,1-2H3. The molecule has 1 aromatic carbocycles. The molecule has 0 aromatic heterocycles. The Morgan fingerprint density at radius 3 is 1.56 bits per heavy atom. The van der Waals surface area contributed by atoms with Crippen LogP contribution in [0.3, 0.4) is 0 Å². The third-order valence-electron chi connectivity index (χ3n) is 2.24. The number of phenols is 4. The third kappa shape index (κ3) is 2.12. The van der Waals surface area contributed by atoms with Gasteiger partial charge in [-0.1, -0.05) is 0 Å². The molecule has 0 aliphatic carbocycles. The minimum absolute atomic E-state index is 0.0867. The van der Waals surface area contributed by atoms with Gasteiger partial charge in [0, 0.05) is 17.5 Å². The lowest BCUT2D eigenvalue weighted by molar-refractivity contribution is -0.143. The minimum atomic E-state index is -2.18. The van der Waals surface area contributed by atoms with Gasteiger partial charge in [-0.15, -0.1) is 0 Å². The number of benzene rings is 1. The second-order valence-electron chi connectivity index (χ2n) is 3.89. The summed E-state index contributed by atoms with van der Waals surface area (Å²) in [6, 6.07) is 0. The van der Waals surface area contributed by atoms with E-state index in [-0.39, 0.29) is 11.1 Å². The molecule has 0 bridgehead atoms. The Bertz CT molecular complexity index is 389. The van der Waals surface area contributed by atoms with Gasteiger partial charge in [-0.25, -0.2) is 0 Å². The van der Waals surface area contributed by atoms with Crippen LogP contribution in [0.15, 0.2) is 0 Å². The van der Waals surface area contributed by atoms with Gasteiger partial charge in [0.05, 0.1) is 0 Å². The predicted molar refractivity (Wildman–Crippen MR) is 54.4 cm³/mol. The number of hydrogen-bond acceptors (Lipinski definition) is 6. The fourth-order valence-electron chi connectivity index (χ4n) is 1.37. The Kier molecular flexibility index (Phi) is 2.89. The summed E-state index contributed by atoms with van der Waals surface area (Å²) < 4.78 is 0. The van der Waals surface area contributed by atoms with Crippen molar-refractivity contribution in [1.82, 2.24) is 0 Å². The first kappa shape index (κ1) is 12.4. The van der Waals surface area contributed by atoms with Crippen LogP contribution in [0.4, 0.5) is 0 Å². The van der Waals surface area contributed by atoms with E-state index in [0.717, 1.165) is 6.92 Å². The van der Waals surface area contributed by atoms with Crippen molar-refractivity contribution in [3.8, 4) is 23.0 Å². The highest BCUT2D eigenvalue weighted by molar-refractivity contribution is 5.64. The van der Waals surface area contributed by atoms with Crippen LogP contribution >= 0.6 is 0 Å². The minimum Gasteiger partial charge on any atom is -0.504 e. The number of hydrogen-bond donors (Lipinski definition) is 6. The summed E-state index contributed by atoms with van der Waals surface area (Å²) >= 11 is 0. The van der Waals surface area contributed by atoms with Crippen LogP contribution in [0.2, 0.25) is 0 Å². The fraction of sp³-hybridized carbons (Fsp3) is 0.400. The van der Waals surface area contributed by atoms with E-state index in [4.69, 9.17) is 10.2 Å². The third-order valence-corrected chi connectivity index (χ3v) is 2.24. The molecule has 0 atom stereocenters. The Morgan fingerprint density at radius 2 is 1.25 bits per heavy atom. The average Bonchev–Trinajstić information content (AvgIpc) is 2.17. The van der Waals surface area contributed by atoms with Gasteiger partial charge >= 0.3 is 0 Å². The van der Waals surface area contributed by atoms with Gasteiger partial charge in [0.2, 0.25) is 0 Å². The maximum absolute atomic E-state index is 9.50. The van der Waals surface area contributed by atoms with Gasteiger partial charge in [0.1, 0.15) is 0 Å². The van der Waals surface area contributed by atoms with Crippen LogP contribution in [-0.4, -0.2) is 36.4 Å². The zero-order chi connectivity index (χ0) is 12.7. The Balaban J connectivity index is 3.40. The molecule has 1 aromatic rings. The molecule has 0 fully saturated rings. The normalized spacial score (nSPS) is 11.8. The van der Waals surface area contributed by atoms with Crippen molar-refractivity contribution in [2.75, 3.05) is 0 Å². The van der Waals surface area contributed by atoms with Crippen molar-refractivity contribution in [1.29, 1.82) is 0 Å². The van der Waals surface area contributed by atoms with E-state index in [0.29, 0.717) is 0 Å². The van der Waals surface area contributed by atoms with Crippen LogP contribution in [0, 0.1) is 6.92 Å². The second-order valence-corrected chi connectivity index (χ2v) is 3.89. The predicted octanol–water partition coefficient (Wildman–Crippen LogP) is 0.0607. The lowest BCUT2D eigenvalue weighted by atomic mass is 10.0. The second kappa shape index (κ2) is 3.73. The molecule has 0 radical (unpaired) electrons. The van der Waals surface area contributed by atoms with Crippen LogP contribution in [0.25, 0.3) is 0 Å². The maximum Gasteiger partial charge on any atom is 0.165 e. The SMILES string of the molecule is Cc1c(O)c(O)c(CC(C)(O)O)c(O)c1O. The zero-order valence-electron chi connectivity index (χ0n) is 8.89. The highest BCUT2D eigenvalue weighted by atomic mass is 16.5. The number of aromatic hydroxyl groups is 4. The molecular weight excluding hydrogens is 216 g/mol. The summed E-state index contributed by atoms with van der Waals surface area (Å²) in [6.45, 7) is 2.34. The van der Waals surface area contributed by atoms with E-state index in [1.165, 1.54) is 6.92 Å². The van der Waals surface area contributed by atoms with Crippen molar-refractivity contribution >= 4 is 0 Å². The molecule has 0 aliphatic heterocycles. The highest BCUT2D eigenvalue weighted by Crippen LogP contribution is 2.46. The Hall–Kier alpha value is -1.66. The molecule has 1 rings (SSSR count). The summed E-state index contributed by atoms with van der Waals surface area (Å²) in [7, 11) is 0. The largest absolute Gasteiger partial charge is 0.504 e. The van der Waals surface area contributed by atoms with Gasteiger partial charge < -0.3 is 30.6 Å². The topological polar surface area (TPSA) is 121 Å². The van der Waals surface area contributed by atoms with Crippen molar-refractivity contribution < 1.29 is 30.6 Å². The molecule has 0 aliphatic rings. The summed E-state index contributed by atoms with van der Waals surface area (Å²) in [6.07, 6.45) is -0.536. The molecule has 6 heteroatoms. The summed E-state index contributed by atoms with van der Waals surface area (Å²) in [5.41, 5.74) is -0.413. The van der Waals surface area contributed by atoms with E-state index in [1.807, 2.05) is 0 Å². The average molecular weight is 230 g/mol. The highest BCUT2D eigenvalue weighted by Gasteiger charge is 2.26. The van der Waals surface area contributed by atoms with Crippen LogP contribution in [0.5, 0.6) is 23.0 Å². The van der Waals surface area contributed by atoms with Gasteiger partial charge in [0.25, 0.3) is 0 Å². The van der Waals surface area contributed by atoms with E-state index in [1.54, 1.807) is 0 Å². The van der Waals surface area contributed by atoms with Crippen LogP contribution in [-0.2, 0) is 6.42 Å². The first-order valence-electron chi connectivity index (χ1n) is 4.55. The van der Waals surface area contributed by atoms with Gasteiger partial charge in [-0.05, 0) is 13.8 Å². The van der Waals surface area contributed by atoms with E-state index >= 15 is 0 Å². The molecule has 90 valence electrons. The number of rotatable bonds is 2. The lowest BCUT2D eigenvalue weighted by Crippen LogP contribution is -2.26. The van der Waals surface area contributed by atoms with E-state index in [2.05, 4.69) is 0 Å². The molecule has 16 heavy (non-hydrogen) atoms. The molecule has 0 unspecified atom stereocenters. The van der Waals surface area contributed by atoms with Crippen molar-refractivity contribution in [3.63, 3.8) is 0 Å². The van der Waals surface area contributed by atoms with E-state index in [9.17, 15) is 20.4 Å². The summed E-state index contributed by atoms with van der Waals surface area (Å²) in [5.74, 6) is -4.74. The monoisotopic (exact) mass is 230 g/mol. The van der Waals surface area contributed by atoms with Crippen molar-refractivity contribution in [2.45, 2.75) is 26.1 Å². The summed E-state index contributed by atoms with van der Waals surface area (Å²) in [4.78, 5) is 0. The molecule has 0 spiro atoms. The number of aliphatic hydroxyl groups is 2. The quantitative estimate of drug-likeness (QED) is 0.243. The molecule has 6 N–H and O–H groups in total. The van der Waals surface area contributed by atoms with Gasteiger partial charge in [-0.3, -0.25) is 0 Å². The first-order valence-corrected chi connectivity index (χ1v) is 4.55. The Labute approximate surface area is 91.7 Å². The van der Waals surface area contributed by atoms with E-state index < -0.39 is 35.2 Å². The lowest BCUT2D eigenvalue weighted by Gasteiger charge is -2.19. The van der Waals surface area contributed by atoms with Crippen LogP contribution < -0.4 is 0 Å². The number of phenolic OH excluding ortho intramolecular Hbond substituents is 4. The fourth-order valence-corrected chi connectivity index (χ4v) is 1.37. The molecule has 0 saturated heterocycles. The molecular formula is C10H14O6. The molecule has 0 saturated carbocycles. The molecule has 0 heterocycles. The molecule has 6 nitrogen and oxygen atoms in total. The van der Waals surface area contributed by atoms with Crippen molar-refractivity contribution in [2.24, 2.45) is 0 Å². The van der Waals surface area contributed by atoms with Crippen LogP contribution in [0.1, 0.15) is 18.1 Å². The Morgan fingerprint density at radius 1 is 0.875 bits per heavy atom. The zero-order valence-corrected chi connectivity index (χ0v) is 8.89. The van der Waals surface area contributed by atoms with Gasteiger partial charge in [-0.2, -0.15) is 0 Å². The maximum atomic E-state index is 9.50. The summed E-state index contributed by atoms with van der Waals surface area (Å²) in [5, 5.41) is 56.1. The van der Waals surface area contributed by atoms with Crippen molar-refractivity contribution in [3.05, 3.63) is 11.1 Å². The van der Waals surface area contributed by atoms with Gasteiger partial charge in [0.15, 0.2) is 28.8 Å². The first-order chi connectivity index (χ1) is 7.15. The smallest absolute Gasteiger partial charge is 0.165 e.